The minimum Gasteiger partial charge on any atom is -0.497 e. The Morgan fingerprint density at radius 3 is 2.40 bits per heavy atom. The maximum Gasteiger partial charge on any atom is 0.313 e. The third-order valence-electron chi connectivity index (χ3n) is 4.93. The number of para-hydroxylation sites is 1. The van der Waals surface area contributed by atoms with Crippen molar-refractivity contribution in [2.75, 3.05) is 12.0 Å². The first-order chi connectivity index (χ1) is 11.9. The Bertz CT molecular complexity index is 815. The fraction of sp³-hybridized carbons (Fsp3) is 0.300. The highest BCUT2D eigenvalue weighted by atomic mass is 16.5. The number of carboxylic acids is 1. The summed E-state index contributed by atoms with van der Waals surface area (Å²) in [6.45, 7) is 3.61. The summed E-state index contributed by atoms with van der Waals surface area (Å²) >= 11 is 0. The van der Waals surface area contributed by atoms with E-state index in [1.165, 1.54) is 0 Å². The van der Waals surface area contributed by atoms with Crippen LogP contribution in [-0.4, -0.2) is 30.1 Å². The number of rotatable bonds is 3. The first-order valence-corrected chi connectivity index (χ1v) is 8.19. The smallest absolute Gasteiger partial charge is 0.313 e. The molecule has 1 heterocycles. The highest BCUT2D eigenvalue weighted by molar-refractivity contribution is 6.08. The van der Waals surface area contributed by atoms with E-state index in [0.717, 1.165) is 0 Å². The van der Waals surface area contributed by atoms with E-state index in [9.17, 15) is 14.7 Å². The van der Waals surface area contributed by atoms with Gasteiger partial charge in [-0.05, 0) is 56.2 Å². The van der Waals surface area contributed by atoms with Gasteiger partial charge in [0.15, 0.2) is 0 Å². The summed E-state index contributed by atoms with van der Waals surface area (Å²) in [5.41, 5.74) is 0.864. The first kappa shape index (κ1) is 17.0. The summed E-state index contributed by atoms with van der Waals surface area (Å²) in [5.74, 6) is -0.333. The topological polar surface area (TPSA) is 66.8 Å². The van der Waals surface area contributed by atoms with Crippen molar-refractivity contribution in [2.24, 2.45) is 0 Å². The molecule has 0 aromatic heterocycles. The summed E-state index contributed by atoms with van der Waals surface area (Å²) < 4.78 is 5.14. The molecule has 1 aliphatic heterocycles. The van der Waals surface area contributed by atoms with E-state index >= 15 is 0 Å². The Balaban J connectivity index is 2.06. The van der Waals surface area contributed by atoms with E-state index in [1.807, 2.05) is 25.1 Å². The average molecular weight is 339 g/mol. The number of carbonyl (C=O) groups is 2. The highest BCUT2D eigenvalue weighted by Crippen LogP contribution is 2.43. The second kappa shape index (κ2) is 6.24. The van der Waals surface area contributed by atoms with Gasteiger partial charge in [0.05, 0.1) is 12.5 Å². The van der Waals surface area contributed by atoms with Gasteiger partial charge in [-0.1, -0.05) is 18.2 Å². The van der Waals surface area contributed by atoms with E-state index in [2.05, 4.69) is 0 Å². The number of aliphatic carboxylic acids is 1. The Hall–Kier alpha value is -2.82. The Kier molecular flexibility index (Phi) is 4.25. The SMILES string of the molecule is COc1ccc(C(=O)N2c3ccccc3[C@](C)(C(=O)O)C[C@H]2C)cc1. The molecule has 5 nitrogen and oxygen atoms in total. The molecule has 2 atom stereocenters. The van der Waals surface area contributed by atoms with Gasteiger partial charge in [-0.15, -0.1) is 0 Å². The molecule has 0 bridgehead atoms. The Morgan fingerprint density at radius 1 is 1.16 bits per heavy atom. The van der Waals surface area contributed by atoms with Gasteiger partial charge in [-0.3, -0.25) is 9.59 Å². The van der Waals surface area contributed by atoms with Crippen molar-refractivity contribution < 1.29 is 19.4 Å². The molecule has 5 heteroatoms. The number of carbonyl (C=O) groups excluding carboxylic acids is 1. The number of fused-ring (bicyclic) bond motifs is 1. The molecule has 25 heavy (non-hydrogen) atoms. The van der Waals surface area contributed by atoms with Crippen molar-refractivity contribution in [2.45, 2.75) is 31.7 Å². The monoisotopic (exact) mass is 339 g/mol. The Labute approximate surface area is 146 Å². The third kappa shape index (κ3) is 2.76. The van der Waals surface area contributed by atoms with Crippen LogP contribution in [0, 0.1) is 0 Å². The van der Waals surface area contributed by atoms with Crippen LogP contribution < -0.4 is 9.64 Å². The molecule has 1 amide bonds. The second-order valence-electron chi connectivity index (χ2n) is 6.61. The summed E-state index contributed by atoms with van der Waals surface area (Å²) in [4.78, 5) is 26.7. The highest BCUT2D eigenvalue weighted by Gasteiger charge is 2.45. The van der Waals surface area contributed by atoms with Gasteiger partial charge in [0.25, 0.3) is 5.91 Å². The lowest BCUT2D eigenvalue weighted by atomic mass is 9.73. The molecular weight excluding hydrogens is 318 g/mol. The van der Waals surface area contributed by atoms with Gasteiger partial charge in [-0.2, -0.15) is 0 Å². The molecule has 3 rings (SSSR count). The predicted octanol–water partition coefficient (Wildman–Crippen LogP) is 3.48. The molecule has 1 aliphatic rings. The van der Waals surface area contributed by atoms with Crippen LogP contribution in [0.4, 0.5) is 5.69 Å². The van der Waals surface area contributed by atoms with Gasteiger partial charge < -0.3 is 14.7 Å². The summed E-state index contributed by atoms with van der Waals surface area (Å²) in [6.07, 6.45) is 0.362. The first-order valence-electron chi connectivity index (χ1n) is 8.19. The predicted molar refractivity (Wildman–Crippen MR) is 95.3 cm³/mol. The van der Waals surface area contributed by atoms with Gasteiger partial charge in [0.1, 0.15) is 5.75 Å². The van der Waals surface area contributed by atoms with Crippen molar-refractivity contribution in [3.63, 3.8) is 0 Å². The lowest BCUT2D eigenvalue weighted by Crippen LogP contribution is -2.50. The maximum atomic E-state index is 13.1. The molecule has 0 saturated carbocycles. The number of carboxylic acid groups (broad SMARTS) is 1. The standard InChI is InChI=1S/C20H21NO4/c1-13-12-20(2,19(23)24)16-6-4-5-7-17(16)21(13)18(22)14-8-10-15(25-3)11-9-14/h4-11,13H,12H2,1-3H3,(H,23,24)/t13-,20-/m1/s1. The minimum atomic E-state index is -1.01. The molecule has 0 fully saturated rings. The largest absolute Gasteiger partial charge is 0.497 e. The van der Waals surface area contributed by atoms with E-state index in [0.29, 0.717) is 29.0 Å². The lowest BCUT2D eigenvalue weighted by molar-refractivity contribution is -0.143. The molecule has 0 radical (unpaired) electrons. The van der Waals surface area contributed by atoms with Gasteiger partial charge in [-0.25, -0.2) is 0 Å². The number of hydrogen-bond acceptors (Lipinski definition) is 3. The zero-order valence-corrected chi connectivity index (χ0v) is 14.5. The lowest BCUT2D eigenvalue weighted by Gasteiger charge is -2.43. The molecule has 0 saturated heterocycles. The molecule has 0 aliphatic carbocycles. The van der Waals surface area contributed by atoms with Crippen molar-refractivity contribution in [3.8, 4) is 5.75 Å². The summed E-state index contributed by atoms with van der Waals surface area (Å²) in [5, 5.41) is 9.74. The van der Waals surface area contributed by atoms with Crippen LogP contribution >= 0.6 is 0 Å². The van der Waals surface area contributed by atoms with E-state index in [1.54, 1.807) is 49.3 Å². The zero-order valence-electron chi connectivity index (χ0n) is 14.5. The minimum absolute atomic E-state index is 0.143. The quantitative estimate of drug-likeness (QED) is 0.930. The van der Waals surface area contributed by atoms with Crippen molar-refractivity contribution in [1.29, 1.82) is 0 Å². The van der Waals surface area contributed by atoms with E-state index in [4.69, 9.17) is 4.74 Å². The van der Waals surface area contributed by atoms with Crippen molar-refractivity contribution >= 4 is 17.6 Å². The van der Waals surface area contributed by atoms with Crippen LogP contribution in [0.15, 0.2) is 48.5 Å². The van der Waals surface area contributed by atoms with Gasteiger partial charge in [0.2, 0.25) is 0 Å². The van der Waals surface area contributed by atoms with Crippen LogP contribution in [0.3, 0.4) is 0 Å². The normalized spacial score (nSPS) is 22.2. The molecular formula is C20H21NO4. The van der Waals surface area contributed by atoms with Crippen molar-refractivity contribution in [3.05, 3.63) is 59.7 Å². The average Bonchev–Trinajstić information content (AvgIpc) is 2.61. The van der Waals surface area contributed by atoms with Crippen molar-refractivity contribution in [1.82, 2.24) is 0 Å². The zero-order chi connectivity index (χ0) is 18.2. The number of benzene rings is 2. The maximum absolute atomic E-state index is 13.1. The molecule has 0 spiro atoms. The summed E-state index contributed by atoms with van der Waals surface area (Å²) in [7, 11) is 1.58. The van der Waals surface area contributed by atoms with Gasteiger partial charge in [0, 0.05) is 17.3 Å². The number of methoxy groups -OCH3 is 1. The van der Waals surface area contributed by atoms with Crippen LogP contribution in [0.25, 0.3) is 0 Å². The van der Waals surface area contributed by atoms with Gasteiger partial charge >= 0.3 is 5.97 Å². The third-order valence-corrected chi connectivity index (χ3v) is 4.93. The van der Waals surface area contributed by atoms with E-state index in [-0.39, 0.29) is 11.9 Å². The molecule has 130 valence electrons. The molecule has 2 aromatic rings. The summed E-state index contributed by atoms with van der Waals surface area (Å²) in [6, 6.07) is 14.0. The van der Waals surface area contributed by atoms with Crippen LogP contribution in [-0.2, 0) is 10.2 Å². The number of hydrogen-bond donors (Lipinski definition) is 1. The van der Waals surface area contributed by atoms with Crippen LogP contribution in [0.2, 0.25) is 0 Å². The molecule has 1 N–H and O–H groups in total. The second-order valence-corrected chi connectivity index (χ2v) is 6.61. The number of nitrogens with zero attached hydrogens (tertiary/aromatic N) is 1. The Morgan fingerprint density at radius 2 is 1.80 bits per heavy atom. The molecule has 2 aromatic carbocycles. The van der Waals surface area contributed by atoms with Crippen LogP contribution in [0.5, 0.6) is 5.75 Å². The van der Waals surface area contributed by atoms with Crippen LogP contribution in [0.1, 0.15) is 36.2 Å². The fourth-order valence-corrected chi connectivity index (χ4v) is 3.56. The number of amides is 1. The number of anilines is 1. The number of ether oxygens (including phenoxy) is 1. The molecule has 0 unspecified atom stereocenters. The fourth-order valence-electron chi connectivity index (χ4n) is 3.56. The van der Waals surface area contributed by atoms with E-state index < -0.39 is 11.4 Å².